The summed E-state index contributed by atoms with van der Waals surface area (Å²) in [6.07, 6.45) is 2.33. The Labute approximate surface area is 73.9 Å². The van der Waals surface area contributed by atoms with Crippen LogP contribution in [0.4, 0.5) is 5.69 Å². The summed E-state index contributed by atoms with van der Waals surface area (Å²) >= 11 is 0. The molecule has 0 aliphatic heterocycles. The summed E-state index contributed by atoms with van der Waals surface area (Å²) in [5.74, 6) is 0. The average Bonchev–Trinajstić information content (AvgIpc) is 2.62. The lowest BCUT2D eigenvalue weighted by Gasteiger charge is -2.06. The van der Waals surface area contributed by atoms with E-state index in [9.17, 15) is 15.2 Å². The van der Waals surface area contributed by atoms with Gasteiger partial charge in [-0.3, -0.25) is 14.8 Å². The van der Waals surface area contributed by atoms with Gasteiger partial charge in [0.2, 0.25) is 0 Å². The Bertz CT molecular complexity index is 367. The van der Waals surface area contributed by atoms with Gasteiger partial charge in [-0.15, -0.1) is 0 Å². The molecular weight excluding hydrogens is 174 g/mol. The molecular formula is C7H9N3O3. The highest BCUT2D eigenvalue weighted by Gasteiger charge is 2.49. The Balaban J connectivity index is 2.53. The van der Waals surface area contributed by atoms with Crippen molar-refractivity contribution in [3.05, 3.63) is 22.0 Å². The number of aromatic nitrogens is 2. The van der Waals surface area contributed by atoms with Crippen molar-refractivity contribution < 1.29 is 10.0 Å². The molecule has 1 N–H and O–H groups in total. The van der Waals surface area contributed by atoms with Gasteiger partial charge in [0.25, 0.3) is 0 Å². The van der Waals surface area contributed by atoms with Crippen molar-refractivity contribution >= 4 is 5.69 Å². The van der Waals surface area contributed by atoms with Crippen LogP contribution in [-0.2, 0) is 12.6 Å². The Morgan fingerprint density at radius 2 is 2.38 bits per heavy atom. The van der Waals surface area contributed by atoms with Crippen molar-refractivity contribution in [1.82, 2.24) is 9.78 Å². The first kappa shape index (κ1) is 8.18. The van der Waals surface area contributed by atoms with E-state index in [0.29, 0.717) is 18.5 Å². The predicted molar refractivity (Wildman–Crippen MR) is 43.0 cm³/mol. The first-order valence-electron chi connectivity index (χ1n) is 3.94. The highest BCUT2D eigenvalue weighted by Crippen LogP contribution is 2.48. The van der Waals surface area contributed by atoms with Crippen LogP contribution in [0.25, 0.3) is 0 Å². The van der Waals surface area contributed by atoms with Gasteiger partial charge < -0.3 is 5.11 Å². The van der Waals surface area contributed by atoms with E-state index in [0.717, 1.165) is 0 Å². The Kier molecular flexibility index (Phi) is 1.44. The molecule has 13 heavy (non-hydrogen) atoms. The van der Waals surface area contributed by atoms with E-state index in [1.54, 1.807) is 7.05 Å². The third-order valence-corrected chi connectivity index (χ3v) is 2.28. The zero-order valence-electron chi connectivity index (χ0n) is 7.10. The molecule has 0 atom stereocenters. The van der Waals surface area contributed by atoms with Crippen molar-refractivity contribution in [3.63, 3.8) is 0 Å². The van der Waals surface area contributed by atoms with Crippen molar-refractivity contribution in [3.8, 4) is 0 Å². The number of nitro groups is 1. The second-order valence-corrected chi connectivity index (χ2v) is 3.29. The normalized spacial score (nSPS) is 18.6. The van der Waals surface area contributed by atoms with E-state index in [1.165, 1.54) is 10.9 Å². The molecule has 70 valence electrons. The summed E-state index contributed by atoms with van der Waals surface area (Å²) in [5, 5.41) is 24.0. The number of aliphatic hydroxyl groups is 1. The van der Waals surface area contributed by atoms with Crippen LogP contribution in [0.2, 0.25) is 0 Å². The lowest BCUT2D eigenvalue weighted by atomic mass is 10.2. The Morgan fingerprint density at radius 1 is 1.77 bits per heavy atom. The largest absolute Gasteiger partial charge is 0.383 e. The fourth-order valence-corrected chi connectivity index (χ4v) is 1.45. The standard InChI is InChI=1S/C7H9N3O3/c1-9-6(7(11)2-3-7)5(4-8-9)10(12)13/h4,11H,2-3H2,1H3. The first-order valence-corrected chi connectivity index (χ1v) is 3.94. The molecule has 1 fully saturated rings. The van der Waals surface area contributed by atoms with Crippen LogP contribution >= 0.6 is 0 Å². The molecule has 6 nitrogen and oxygen atoms in total. The van der Waals surface area contributed by atoms with E-state index in [1.807, 2.05) is 0 Å². The first-order chi connectivity index (χ1) is 6.04. The van der Waals surface area contributed by atoms with Crippen molar-refractivity contribution in [2.75, 3.05) is 0 Å². The van der Waals surface area contributed by atoms with Crippen LogP contribution in [0.15, 0.2) is 6.20 Å². The van der Waals surface area contributed by atoms with Gasteiger partial charge in [0.15, 0.2) is 0 Å². The van der Waals surface area contributed by atoms with Crippen molar-refractivity contribution in [1.29, 1.82) is 0 Å². The molecule has 0 aromatic carbocycles. The maximum atomic E-state index is 10.6. The smallest absolute Gasteiger partial charge is 0.313 e. The summed E-state index contributed by atoms with van der Waals surface area (Å²) in [5.41, 5.74) is -0.784. The minimum absolute atomic E-state index is 0.0949. The molecule has 1 aliphatic rings. The predicted octanol–water partition coefficient (Wildman–Crippen LogP) is 0.310. The quantitative estimate of drug-likeness (QED) is 0.528. The molecule has 1 aromatic rings. The van der Waals surface area contributed by atoms with E-state index in [4.69, 9.17) is 0 Å². The number of hydrogen-bond donors (Lipinski definition) is 1. The van der Waals surface area contributed by atoms with Gasteiger partial charge >= 0.3 is 5.69 Å². The zero-order chi connectivity index (χ0) is 9.64. The second-order valence-electron chi connectivity index (χ2n) is 3.29. The third kappa shape index (κ3) is 1.10. The summed E-state index contributed by atoms with van der Waals surface area (Å²) in [6, 6.07) is 0. The summed E-state index contributed by atoms with van der Waals surface area (Å²) in [7, 11) is 1.60. The fourth-order valence-electron chi connectivity index (χ4n) is 1.45. The molecule has 1 aromatic heterocycles. The fraction of sp³-hybridized carbons (Fsp3) is 0.571. The molecule has 0 bridgehead atoms. The molecule has 0 spiro atoms. The summed E-state index contributed by atoms with van der Waals surface area (Å²) in [6.45, 7) is 0. The van der Waals surface area contributed by atoms with E-state index >= 15 is 0 Å². The van der Waals surface area contributed by atoms with Crippen LogP contribution in [0.1, 0.15) is 18.5 Å². The lowest BCUT2D eigenvalue weighted by molar-refractivity contribution is -0.386. The van der Waals surface area contributed by atoms with E-state index < -0.39 is 10.5 Å². The van der Waals surface area contributed by atoms with E-state index in [2.05, 4.69) is 5.10 Å². The monoisotopic (exact) mass is 183 g/mol. The van der Waals surface area contributed by atoms with Crippen LogP contribution in [0.5, 0.6) is 0 Å². The molecule has 0 amide bonds. The molecule has 1 saturated carbocycles. The molecule has 1 heterocycles. The topological polar surface area (TPSA) is 81.2 Å². The van der Waals surface area contributed by atoms with Crippen LogP contribution in [-0.4, -0.2) is 19.8 Å². The van der Waals surface area contributed by atoms with Crippen LogP contribution in [0, 0.1) is 10.1 Å². The van der Waals surface area contributed by atoms with Crippen molar-refractivity contribution in [2.24, 2.45) is 7.05 Å². The number of nitrogens with zero attached hydrogens (tertiary/aromatic N) is 3. The highest BCUT2D eigenvalue weighted by atomic mass is 16.6. The molecule has 1 aliphatic carbocycles. The zero-order valence-corrected chi connectivity index (χ0v) is 7.10. The van der Waals surface area contributed by atoms with Gasteiger partial charge in [-0.2, -0.15) is 5.10 Å². The van der Waals surface area contributed by atoms with Gasteiger partial charge in [-0.25, -0.2) is 0 Å². The molecule has 2 rings (SSSR count). The van der Waals surface area contributed by atoms with Crippen LogP contribution < -0.4 is 0 Å². The number of aryl methyl sites for hydroxylation is 1. The van der Waals surface area contributed by atoms with Gasteiger partial charge in [-0.1, -0.05) is 0 Å². The Morgan fingerprint density at radius 3 is 2.85 bits per heavy atom. The average molecular weight is 183 g/mol. The summed E-state index contributed by atoms with van der Waals surface area (Å²) in [4.78, 5) is 10.0. The lowest BCUT2D eigenvalue weighted by Crippen LogP contribution is -2.13. The Hall–Kier alpha value is -1.43. The molecule has 0 saturated heterocycles. The molecule has 0 radical (unpaired) electrons. The second kappa shape index (κ2) is 2.29. The minimum atomic E-state index is -1.01. The maximum Gasteiger partial charge on any atom is 0.313 e. The van der Waals surface area contributed by atoms with Crippen LogP contribution in [0.3, 0.4) is 0 Å². The molecule has 0 unspecified atom stereocenters. The van der Waals surface area contributed by atoms with Gasteiger partial charge in [0, 0.05) is 7.05 Å². The number of rotatable bonds is 2. The van der Waals surface area contributed by atoms with Gasteiger partial charge in [-0.05, 0) is 12.8 Å². The minimum Gasteiger partial charge on any atom is -0.383 e. The maximum absolute atomic E-state index is 10.6. The highest BCUT2D eigenvalue weighted by molar-refractivity contribution is 5.40. The molecule has 6 heteroatoms. The van der Waals surface area contributed by atoms with Crippen molar-refractivity contribution in [2.45, 2.75) is 18.4 Å². The SMILES string of the molecule is Cn1ncc([N+](=O)[O-])c1C1(O)CC1. The summed E-state index contributed by atoms with van der Waals surface area (Å²) < 4.78 is 1.37. The third-order valence-electron chi connectivity index (χ3n) is 2.28. The van der Waals surface area contributed by atoms with Gasteiger partial charge in [0.1, 0.15) is 17.5 Å². The van der Waals surface area contributed by atoms with Gasteiger partial charge in [0.05, 0.1) is 4.92 Å². The number of hydrogen-bond acceptors (Lipinski definition) is 4. The van der Waals surface area contributed by atoms with E-state index in [-0.39, 0.29) is 5.69 Å².